The predicted octanol–water partition coefficient (Wildman–Crippen LogP) is 1.36. The summed E-state index contributed by atoms with van der Waals surface area (Å²) < 4.78 is 7.46. The molecule has 0 bridgehead atoms. The fourth-order valence-electron chi connectivity index (χ4n) is 7.41. The molecule has 15 nitrogen and oxygen atoms in total. The number of anilines is 1. The second kappa shape index (κ2) is 18.8. The quantitative estimate of drug-likeness (QED) is 0.261. The van der Waals surface area contributed by atoms with Crippen LogP contribution >= 0.6 is 0 Å². The van der Waals surface area contributed by atoms with Gasteiger partial charge in [0.05, 0.1) is 56.3 Å². The Hall–Kier alpha value is -4.38. The summed E-state index contributed by atoms with van der Waals surface area (Å²) in [6.07, 6.45) is -0.362. The summed E-state index contributed by atoms with van der Waals surface area (Å²) in [4.78, 5) is 57.9. The van der Waals surface area contributed by atoms with Crippen molar-refractivity contribution in [2.75, 3.05) is 63.8 Å². The molecule has 4 heterocycles. The molecule has 0 spiro atoms. The number of hydrogen-bond donors (Lipinski definition) is 4. The van der Waals surface area contributed by atoms with Crippen LogP contribution in [0.5, 0.6) is 0 Å². The van der Waals surface area contributed by atoms with Crippen LogP contribution in [0.1, 0.15) is 51.0 Å². The van der Waals surface area contributed by atoms with Crippen molar-refractivity contribution in [2.24, 2.45) is 0 Å². The van der Waals surface area contributed by atoms with Gasteiger partial charge in [0.1, 0.15) is 17.3 Å². The lowest BCUT2D eigenvalue weighted by molar-refractivity contribution is -0.192. The number of likely N-dealkylation sites (N-methyl/N-ethyl adjacent to an activating group) is 1. The largest absolute Gasteiger partial charge is 0.393 e. The van der Waals surface area contributed by atoms with Crippen LogP contribution in [0.15, 0.2) is 48.5 Å². The van der Waals surface area contributed by atoms with Gasteiger partial charge >= 0.3 is 0 Å². The number of hydrogen-bond acceptors (Lipinski definition) is 12. The Bertz CT molecular complexity index is 1770. The smallest absolute Gasteiger partial charge is 0.234 e. The highest BCUT2D eigenvalue weighted by atomic mass is 16.6. The van der Waals surface area contributed by atoms with Crippen LogP contribution in [0.25, 0.3) is 22.5 Å². The van der Waals surface area contributed by atoms with E-state index in [0.717, 1.165) is 16.7 Å². The normalized spacial score (nSPS) is 22.3. The van der Waals surface area contributed by atoms with E-state index in [1.807, 2.05) is 60.4 Å². The summed E-state index contributed by atoms with van der Waals surface area (Å²) in [6, 6.07) is 15.4. The molecule has 0 aliphatic carbocycles. The maximum Gasteiger partial charge on any atom is 0.234 e. The van der Waals surface area contributed by atoms with Crippen LogP contribution in [0.2, 0.25) is 0 Å². The number of rotatable bonds is 8. The fourth-order valence-corrected chi connectivity index (χ4v) is 7.41. The minimum absolute atomic E-state index is 0.0632. The number of amides is 2. The predicted molar refractivity (Wildman–Crippen MR) is 201 cm³/mol. The number of aliphatic hydroxyl groups is 2. The SMILES string of the molecule is CCN1CCN(CC(=O)NCCC(=O)N2Cc3ccccc3-c3nnn(C[C@@H]4C[C@H](O)CC(O)O4)c3-c3ccccc32)CCNCC(=O)CCCC(=O)C1. The Morgan fingerprint density at radius 1 is 0.944 bits per heavy atom. The van der Waals surface area contributed by atoms with Crippen molar-refractivity contribution in [3.05, 3.63) is 54.1 Å². The Kier molecular flexibility index (Phi) is 13.7. The van der Waals surface area contributed by atoms with Crippen molar-refractivity contribution in [3.63, 3.8) is 0 Å². The van der Waals surface area contributed by atoms with E-state index < -0.39 is 18.5 Å². The average Bonchev–Trinajstić information content (AvgIpc) is 3.54. The number of nitrogens with one attached hydrogen (secondary N) is 2. The summed E-state index contributed by atoms with van der Waals surface area (Å²) >= 11 is 0. The number of carbonyl (C=O) groups is 4. The van der Waals surface area contributed by atoms with E-state index in [-0.39, 0.29) is 68.9 Å². The van der Waals surface area contributed by atoms with Gasteiger partial charge in [0.25, 0.3) is 0 Å². The third-order valence-corrected chi connectivity index (χ3v) is 10.3. The van der Waals surface area contributed by atoms with E-state index in [1.54, 1.807) is 9.58 Å². The van der Waals surface area contributed by atoms with Gasteiger partial charge in [0.15, 0.2) is 6.29 Å². The van der Waals surface area contributed by atoms with Crippen LogP contribution in [-0.4, -0.2) is 136 Å². The Morgan fingerprint density at radius 3 is 2.52 bits per heavy atom. The first-order valence-electron chi connectivity index (χ1n) is 19.1. The Balaban J connectivity index is 1.14. The molecule has 2 saturated heterocycles. The zero-order chi connectivity index (χ0) is 38.0. The number of benzene rings is 2. The number of carbonyl (C=O) groups excluding carboxylic acids is 4. The number of aromatic nitrogens is 3. The van der Waals surface area contributed by atoms with Gasteiger partial charge in [-0.05, 0) is 24.6 Å². The molecule has 3 aliphatic heterocycles. The van der Waals surface area contributed by atoms with Crippen molar-refractivity contribution < 1.29 is 34.1 Å². The van der Waals surface area contributed by atoms with Crippen molar-refractivity contribution in [1.82, 2.24) is 35.4 Å². The highest BCUT2D eigenvalue weighted by molar-refractivity contribution is 6.00. The Morgan fingerprint density at radius 2 is 1.70 bits per heavy atom. The molecule has 0 radical (unpaired) electrons. The topological polar surface area (TPSA) is 182 Å². The van der Waals surface area contributed by atoms with Gasteiger partial charge in [-0.1, -0.05) is 54.6 Å². The van der Waals surface area contributed by atoms with Crippen LogP contribution in [0.4, 0.5) is 5.69 Å². The molecular formula is C39H52N8O7. The number of Topliss-reactive ketones (excluding diaryl/α,β-unsaturated/α-hetero) is 2. The van der Waals surface area contributed by atoms with Crippen molar-refractivity contribution in [1.29, 1.82) is 0 Å². The lowest BCUT2D eigenvalue weighted by Crippen LogP contribution is -2.45. The first-order valence-corrected chi connectivity index (χ1v) is 19.1. The van der Waals surface area contributed by atoms with Crippen molar-refractivity contribution >= 4 is 29.1 Å². The fraction of sp³-hybridized carbons (Fsp3) is 0.538. The molecule has 2 fully saturated rings. The van der Waals surface area contributed by atoms with Gasteiger partial charge in [-0.25, -0.2) is 4.68 Å². The van der Waals surface area contributed by atoms with E-state index in [9.17, 15) is 29.4 Å². The van der Waals surface area contributed by atoms with Gasteiger partial charge in [-0.15, -0.1) is 5.10 Å². The third-order valence-electron chi connectivity index (χ3n) is 10.3. The molecule has 6 rings (SSSR count). The van der Waals surface area contributed by atoms with Gasteiger partial charge in [-0.3, -0.25) is 29.0 Å². The zero-order valence-corrected chi connectivity index (χ0v) is 31.0. The number of nitrogens with zero attached hydrogens (tertiary/aromatic N) is 6. The molecule has 3 aliphatic rings. The first-order chi connectivity index (χ1) is 26.2. The first kappa shape index (κ1) is 39.3. The van der Waals surface area contributed by atoms with Crippen molar-refractivity contribution in [3.8, 4) is 22.5 Å². The molecule has 2 amide bonds. The maximum absolute atomic E-state index is 14.1. The zero-order valence-electron chi connectivity index (χ0n) is 31.0. The van der Waals surface area contributed by atoms with Gasteiger partial charge in [-0.2, -0.15) is 0 Å². The van der Waals surface area contributed by atoms with E-state index in [4.69, 9.17) is 4.74 Å². The summed E-state index contributed by atoms with van der Waals surface area (Å²) in [7, 11) is 0. The molecular weight excluding hydrogens is 692 g/mol. The standard InChI is InChI=1S/C39H52N8O7/c1-2-44-18-19-45(17-16-40-22-28(48)9-7-10-29(49)24-44)26-35(51)41-15-14-36(52)46-23-27-8-3-4-11-32(27)38-39(33-12-5-6-13-34(33)46)47(43-42-38)25-31-20-30(50)21-37(53)54-31/h3-6,8,11-13,30-31,37,40,50,53H,2,7,9-10,14-26H2,1H3,(H,41,51)/t30-,31-,37?/m0/s1. The molecule has 2 aromatic carbocycles. The van der Waals surface area contributed by atoms with E-state index >= 15 is 0 Å². The molecule has 3 aromatic rings. The Labute approximate surface area is 315 Å². The van der Waals surface area contributed by atoms with E-state index in [0.29, 0.717) is 82.0 Å². The monoisotopic (exact) mass is 744 g/mol. The molecule has 1 aromatic heterocycles. The lowest BCUT2D eigenvalue weighted by Gasteiger charge is -2.31. The lowest BCUT2D eigenvalue weighted by atomic mass is 9.95. The summed E-state index contributed by atoms with van der Waals surface area (Å²) in [6.45, 7) is 6.39. The minimum atomic E-state index is -1.07. The van der Waals surface area contributed by atoms with Crippen molar-refractivity contribution in [2.45, 2.75) is 77.0 Å². The van der Waals surface area contributed by atoms with Crippen LogP contribution in [0, 0.1) is 0 Å². The molecule has 3 atom stereocenters. The number of ketones is 2. The van der Waals surface area contributed by atoms with Gasteiger partial charge < -0.3 is 30.5 Å². The molecule has 54 heavy (non-hydrogen) atoms. The van der Waals surface area contributed by atoms with E-state index in [2.05, 4.69) is 25.8 Å². The summed E-state index contributed by atoms with van der Waals surface area (Å²) in [5, 5.41) is 35.6. The van der Waals surface area contributed by atoms with Crippen LogP contribution in [0.3, 0.4) is 0 Å². The maximum atomic E-state index is 14.1. The van der Waals surface area contributed by atoms with Crippen LogP contribution < -0.4 is 15.5 Å². The molecule has 0 saturated carbocycles. The second-order valence-electron chi connectivity index (χ2n) is 14.3. The molecule has 15 heteroatoms. The number of fused-ring (bicyclic) bond motifs is 5. The molecule has 1 unspecified atom stereocenters. The van der Waals surface area contributed by atoms with Gasteiger partial charge in [0, 0.05) is 76.0 Å². The van der Waals surface area contributed by atoms with Crippen LogP contribution in [-0.2, 0) is 37.0 Å². The highest BCUT2D eigenvalue weighted by Gasteiger charge is 2.32. The molecule has 4 N–H and O–H groups in total. The second-order valence-corrected chi connectivity index (χ2v) is 14.3. The summed E-state index contributed by atoms with van der Waals surface area (Å²) in [5.74, 6) is -0.187. The number of para-hydroxylation sites is 1. The summed E-state index contributed by atoms with van der Waals surface area (Å²) in [5.41, 5.74) is 4.51. The number of aliphatic hydroxyl groups excluding tert-OH is 2. The molecule has 290 valence electrons. The highest BCUT2D eigenvalue weighted by Crippen LogP contribution is 2.41. The van der Waals surface area contributed by atoms with E-state index in [1.165, 1.54) is 0 Å². The number of ether oxygens (including phenoxy) is 1. The van der Waals surface area contributed by atoms with Gasteiger partial charge in [0.2, 0.25) is 11.8 Å². The third kappa shape index (κ3) is 10.2. The average molecular weight is 745 g/mol. The minimum Gasteiger partial charge on any atom is -0.393 e.